The molecule has 1 aliphatic rings. The van der Waals surface area contributed by atoms with Crippen molar-refractivity contribution in [1.82, 2.24) is 5.01 Å². The van der Waals surface area contributed by atoms with Crippen LogP contribution < -0.4 is 11.1 Å². The summed E-state index contributed by atoms with van der Waals surface area (Å²) in [5.74, 6) is -2.18. The van der Waals surface area contributed by atoms with Crippen LogP contribution in [0.15, 0.2) is 29.6 Å². The third-order valence-corrected chi connectivity index (χ3v) is 4.47. The average Bonchev–Trinajstić information content (AvgIpc) is 2.67. The van der Waals surface area contributed by atoms with Gasteiger partial charge in [-0.2, -0.15) is 0 Å². The predicted octanol–water partition coefficient (Wildman–Crippen LogP) is 0.843. The number of phenolic OH excluding ortho intramolecular Hbond substituents is 2. The monoisotopic (exact) mass is 386 g/mol. The van der Waals surface area contributed by atoms with E-state index >= 15 is 0 Å². The zero-order chi connectivity index (χ0) is 20.4. The minimum Gasteiger partial charge on any atom is -0.507 e. The first-order valence-electron chi connectivity index (χ1n) is 8.40. The average molecular weight is 386 g/mol. The SMILES string of the molecule is Nc1ccc(NCCN(CCO)N=O)c2c1C(=O)c1c(O)ccc(O)c1C2=O. The number of nitrogen functional groups attached to an aromatic ring is 1. The van der Waals surface area contributed by atoms with E-state index in [2.05, 4.69) is 10.6 Å². The molecule has 2 aromatic carbocycles. The number of aliphatic hydroxyl groups is 1. The van der Waals surface area contributed by atoms with Crippen LogP contribution in [0.3, 0.4) is 0 Å². The molecule has 0 aromatic heterocycles. The highest BCUT2D eigenvalue weighted by atomic mass is 16.3. The Labute approximate surface area is 159 Å². The predicted molar refractivity (Wildman–Crippen MR) is 100 cm³/mol. The van der Waals surface area contributed by atoms with Gasteiger partial charge in [0.1, 0.15) is 11.5 Å². The number of benzene rings is 2. The fraction of sp³-hybridized carbons (Fsp3) is 0.222. The first-order valence-corrected chi connectivity index (χ1v) is 8.40. The number of hydrogen-bond donors (Lipinski definition) is 5. The summed E-state index contributed by atoms with van der Waals surface area (Å²) in [5, 5.41) is 35.8. The molecule has 0 atom stereocenters. The molecule has 0 saturated heterocycles. The highest BCUT2D eigenvalue weighted by Crippen LogP contribution is 2.41. The van der Waals surface area contributed by atoms with E-state index in [1.165, 1.54) is 12.1 Å². The molecular formula is C18H18N4O6. The molecule has 0 bridgehead atoms. The van der Waals surface area contributed by atoms with Gasteiger partial charge in [0.15, 0.2) is 0 Å². The lowest BCUT2D eigenvalue weighted by Gasteiger charge is -2.23. The molecule has 146 valence electrons. The molecule has 3 rings (SSSR count). The summed E-state index contributed by atoms with van der Waals surface area (Å²) in [7, 11) is 0. The molecule has 28 heavy (non-hydrogen) atoms. The number of aromatic hydroxyl groups is 2. The molecule has 0 saturated carbocycles. The maximum absolute atomic E-state index is 13.0. The van der Waals surface area contributed by atoms with Crippen LogP contribution in [0.25, 0.3) is 0 Å². The number of anilines is 2. The van der Waals surface area contributed by atoms with Crippen molar-refractivity contribution in [3.05, 3.63) is 51.4 Å². The minimum absolute atomic E-state index is 0.0221. The molecule has 2 aromatic rings. The van der Waals surface area contributed by atoms with Gasteiger partial charge in [-0.05, 0) is 24.3 Å². The van der Waals surface area contributed by atoms with Crippen LogP contribution in [-0.2, 0) is 0 Å². The van der Waals surface area contributed by atoms with Gasteiger partial charge in [0.25, 0.3) is 0 Å². The summed E-state index contributed by atoms with van der Waals surface area (Å²) in [6.45, 7) is 0.148. The number of fused-ring (bicyclic) bond motifs is 2. The number of carbonyl (C=O) groups excluding carboxylic acids is 2. The summed E-state index contributed by atoms with van der Waals surface area (Å²) in [4.78, 5) is 36.6. The van der Waals surface area contributed by atoms with Crippen LogP contribution in [0.4, 0.5) is 11.4 Å². The number of nitrogens with one attached hydrogen (secondary N) is 1. The van der Waals surface area contributed by atoms with Crippen molar-refractivity contribution in [3.8, 4) is 11.5 Å². The topological polar surface area (TPSA) is 166 Å². The number of phenols is 2. The molecule has 0 radical (unpaired) electrons. The van der Waals surface area contributed by atoms with Crippen LogP contribution in [-0.4, -0.2) is 58.1 Å². The Kier molecular flexibility index (Phi) is 5.14. The molecule has 10 nitrogen and oxygen atoms in total. The van der Waals surface area contributed by atoms with Crippen molar-refractivity contribution in [2.24, 2.45) is 5.29 Å². The maximum Gasteiger partial charge on any atom is 0.200 e. The molecule has 0 amide bonds. The fourth-order valence-corrected chi connectivity index (χ4v) is 3.17. The van der Waals surface area contributed by atoms with Crippen LogP contribution in [0, 0.1) is 4.91 Å². The van der Waals surface area contributed by atoms with Crippen molar-refractivity contribution < 1.29 is 24.9 Å². The van der Waals surface area contributed by atoms with Crippen molar-refractivity contribution in [2.75, 3.05) is 37.3 Å². The van der Waals surface area contributed by atoms with E-state index < -0.39 is 23.1 Å². The number of aliphatic hydroxyl groups excluding tert-OH is 1. The Morgan fingerprint density at radius 1 is 0.929 bits per heavy atom. The van der Waals surface area contributed by atoms with Crippen molar-refractivity contribution in [1.29, 1.82) is 0 Å². The van der Waals surface area contributed by atoms with Gasteiger partial charge in [-0.1, -0.05) is 0 Å². The van der Waals surface area contributed by atoms with Crippen molar-refractivity contribution in [2.45, 2.75) is 0 Å². The molecule has 0 unspecified atom stereocenters. The minimum atomic E-state index is -0.671. The van der Waals surface area contributed by atoms with Gasteiger partial charge in [0.2, 0.25) is 11.6 Å². The lowest BCUT2D eigenvalue weighted by atomic mass is 9.81. The van der Waals surface area contributed by atoms with E-state index in [1.54, 1.807) is 0 Å². The fourth-order valence-electron chi connectivity index (χ4n) is 3.17. The van der Waals surface area contributed by atoms with Gasteiger partial charge >= 0.3 is 0 Å². The Hall–Kier alpha value is -3.66. The smallest absolute Gasteiger partial charge is 0.200 e. The van der Waals surface area contributed by atoms with Gasteiger partial charge in [-0.15, -0.1) is 4.91 Å². The summed E-state index contributed by atoms with van der Waals surface area (Å²) in [6.07, 6.45) is 0. The number of nitrogens with zero attached hydrogens (tertiary/aromatic N) is 2. The van der Waals surface area contributed by atoms with Gasteiger partial charge in [0.05, 0.1) is 47.2 Å². The Morgan fingerprint density at radius 3 is 2.11 bits per heavy atom. The van der Waals surface area contributed by atoms with Crippen molar-refractivity contribution in [3.63, 3.8) is 0 Å². The lowest BCUT2D eigenvalue weighted by Crippen LogP contribution is -2.28. The molecule has 0 spiro atoms. The molecule has 6 N–H and O–H groups in total. The van der Waals surface area contributed by atoms with Crippen LogP contribution >= 0.6 is 0 Å². The maximum atomic E-state index is 13.0. The Balaban J connectivity index is 2.00. The zero-order valence-corrected chi connectivity index (χ0v) is 14.7. The van der Waals surface area contributed by atoms with Crippen molar-refractivity contribution >= 4 is 22.9 Å². The highest BCUT2D eigenvalue weighted by Gasteiger charge is 2.37. The van der Waals surface area contributed by atoms with E-state index in [9.17, 15) is 24.7 Å². The highest BCUT2D eigenvalue weighted by molar-refractivity contribution is 6.33. The number of hydrogen-bond acceptors (Lipinski definition) is 9. The largest absolute Gasteiger partial charge is 0.507 e. The summed E-state index contributed by atoms with van der Waals surface area (Å²) in [5.41, 5.74) is 5.58. The summed E-state index contributed by atoms with van der Waals surface area (Å²) >= 11 is 0. The van der Waals surface area contributed by atoms with E-state index in [4.69, 9.17) is 10.8 Å². The van der Waals surface area contributed by atoms with E-state index in [0.717, 1.165) is 17.1 Å². The van der Waals surface area contributed by atoms with Crippen LogP contribution in [0.5, 0.6) is 11.5 Å². The van der Waals surface area contributed by atoms with E-state index in [0.29, 0.717) is 0 Å². The summed E-state index contributed by atoms with van der Waals surface area (Å²) in [6, 6.07) is 5.21. The third kappa shape index (κ3) is 3.09. The molecule has 10 heteroatoms. The van der Waals surface area contributed by atoms with E-state index in [1.807, 2.05) is 0 Å². The van der Waals surface area contributed by atoms with Gasteiger partial charge in [-0.25, -0.2) is 0 Å². The zero-order valence-electron chi connectivity index (χ0n) is 14.7. The standard InChI is InChI=1S/C18H18N4O6/c19-9-1-2-10(20-5-6-22(21-28)7-8-23)14-13(9)17(26)15-11(24)3-4-12(25)16(15)18(14)27/h1-4,20,23-25H,5-8,19H2. The quantitative estimate of drug-likeness (QED) is 0.171. The number of carbonyl (C=O) groups is 2. The first-order chi connectivity index (χ1) is 13.4. The normalized spacial score (nSPS) is 12.3. The first kappa shape index (κ1) is 19.1. The second-order valence-electron chi connectivity index (χ2n) is 6.15. The van der Waals surface area contributed by atoms with E-state index in [-0.39, 0.29) is 59.9 Å². The van der Waals surface area contributed by atoms with Gasteiger partial charge in [-0.3, -0.25) is 14.6 Å². The van der Waals surface area contributed by atoms with Gasteiger partial charge < -0.3 is 26.4 Å². The molecular weight excluding hydrogens is 368 g/mol. The molecule has 0 aliphatic heterocycles. The molecule has 0 heterocycles. The van der Waals surface area contributed by atoms with Crippen LogP contribution in [0.1, 0.15) is 31.8 Å². The Morgan fingerprint density at radius 2 is 1.54 bits per heavy atom. The number of ketones is 2. The van der Waals surface area contributed by atoms with Crippen LogP contribution in [0.2, 0.25) is 0 Å². The summed E-state index contributed by atoms with van der Waals surface area (Å²) < 4.78 is 0. The second-order valence-corrected chi connectivity index (χ2v) is 6.15. The third-order valence-electron chi connectivity index (χ3n) is 4.47. The Bertz CT molecular complexity index is 975. The number of rotatable bonds is 7. The molecule has 0 fully saturated rings. The molecule has 1 aliphatic carbocycles. The van der Waals surface area contributed by atoms with Gasteiger partial charge in [0, 0.05) is 17.9 Å². The second kappa shape index (κ2) is 7.53. The number of nitroso groups, excluding NO2 is 1. The lowest BCUT2D eigenvalue weighted by molar-refractivity contribution is 0.0975. The number of nitrogens with two attached hydrogens (primary N) is 1.